The van der Waals surface area contributed by atoms with E-state index < -0.39 is 0 Å². The number of thiophene rings is 1. The number of nitrogens with zero attached hydrogens (tertiary/aromatic N) is 2. The van der Waals surface area contributed by atoms with Gasteiger partial charge in [0.2, 0.25) is 5.89 Å². The lowest BCUT2D eigenvalue weighted by Crippen LogP contribution is -1.88. The third kappa shape index (κ3) is 1.60. The van der Waals surface area contributed by atoms with Gasteiger partial charge in [-0.1, -0.05) is 0 Å². The second-order valence-electron chi connectivity index (χ2n) is 3.46. The maximum absolute atomic E-state index is 5.77. The molecule has 0 fully saturated rings. The number of aryl methyl sites for hydroxylation is 1. The van der Waals surface area contributed by atoms with Gasteiger partial charge in [-0.05, 0) is 6.92 Å². The number of hydrogen-bond donors (Lipinski definition) is 1. The third-order valence-electron chi connectivity index (χ3n) is 2.22. The van der Waals surface area contributed by atoms with E-state index in [0.29, 0.717) is 17.3 Å². The highest BCUT2D eigenvalue weighted by Crippen LogP contribution is 2.28. The van der Waals surface area contributed by atoms with Crippen LogP contribution in [-0.2, 0) is 6.42 Å². The van der Waals surface area contributed by atoms with Crippen molar-refractivity contribution in [3.8, 4) is 0 Å². The molecule has 0 aliphatic rings. The number of thiazole rings is 1. The maximum Gasteiger partial charge on any atom is 0.201 e. The summed E-state index contributed by atoms with van der Waals surface area (Å²) >= 11 is 3.08. The minimum absolute atomic E-state index is 0.628. The first-order valence-electron chi connectivity index (χ1n) is 4.76. The summed E-state index contributed by atoms with van der Waals surface area (Å²) in [5.41, 5.74) is 8.30. The predicted molar refractivity (Wildman–Crippen MR) is 66.0 cm³/mol. The summed E-state index contributed by atoms with van der Waals surface area (Å²) in [5, 5.41) is 5.67. The number of nitrogen functional groups attached to an aromatic ring is 1. The topological polar surface area (TPSA) is 64.9 Å². The molecule has 0 amide bonds. The van der Waals surface area contributed by atoms with E-state index >= 15 is 0 Å². The van der Waals surface area contributed by atoms with Crippen LogP contribution in [0.2, 0.25) is 0 Å². The Morgan fingerprint density at radius 2 is 2.19 bits per heavy atom. The fourth-order valence-corrected chi connectivity index (χ4v) is 2.79. The van der Waals surface area contributed by atoms with Crippen molar-refractivity contribution in [3.63, 3.8) is 0 Å². The highest BCUT2D eigenvalue weighted by atomic mass is 32.1. The van der Waals surface area contributed by atoms with E-state index in [9.17, 15) is 0 Å². The zero-order chi connectivity index (χ0) is 11.1. The van der Waals surface area contributed by atoms with Crippen LogP contribution in [0.4, 0.5) is 5.00 Å². The summed E-state index contributed by atoms with van der Waals surface area (Å²) in [6.07, 6.45) is 0.628. The van der Waals surface area contributed by atoms with Crippen LogP contribution in [0.25, 0.3) is 11.1 Å². The third-order valence-corrected chi connectivity index (χ3v) is 3.82. The summed E-state index contributed by atoms with van der Waals surface area (Å²) in [6, 6.07) is 0. The van der Waals surface area contributed by atoms with Crippen LogP contribution in [0.3, 0.4) is 0 Å². The quantitative estimate of drug-likeness (QED) is 0.760. The van der Waals surface area contributed by atoms with Gasteiger partial charge in [0.1, 0.15) is 10.5 Å². The molecule has 0 spiro atoms. The number of nitrogens with two attached hydrogens (primary N) is 1. The molecular formula is C10H9N3OS2. The lowest BCUT2D eigenvalue weighted by Gasteiger charge is -1.89. The van der Waals surface area contributed by atoms with Crippen LogP contribution in [0.15, 0.2) is 15.2 Å². The van der Waals surface area contributed by atoms with Crippen LogP contribution in [0.5, 0.6) is 0 Å². The lowest BCUT2D eigenvalue weighted by molar-refractivity contribution is 0.543. The van der Waals surface area contributed by atoms with Crippen molar-refractivity contribution in [1.82, 2.24) is 9.97 Å². The molecule has 3 heterocycles. The molecule has 0 aliphatic carbocycles. The highest BCUT2D eigenvalue weighted by Gasteiger charge is 2.11. The van der Waals surface area contributed by atoms with Gasteiger partial charge < -0.3 is 10.2 Å². The normalized spacial score (nSPS) is 11.3. The molecule has 2 N–H and O–H groups in total. The molecule has 3 rings (SSSR count). The van der Waals surface area contributed by atoms with Crippen molar-refractivity contribution < 1.29 is 4.42 Å². The second kappa shape index (κ2) is 3.57. The van der Waals surface area contributed by atoms with Gasteiger partial charge in [0.15, 0.2) is 5.58 Å². The van der Waals surface area contributed by atoms with Crippen LogP contribution >= 0.6 is 22.7 Å². The molecular weight excluding hydrogens is 242 g/mol. The Kier molecular flexibility index (Phi) is 2.19. The Morgan fingerprint density at radius 1 is 1.31 bits per heavy atom. The van der Waals surface area contributed by atoms with Crippen LogP contribution in [0.1, 0.15) is 16.6 Å². The molecule has 16 heavy (non-hydrogen) atoms. The number of aromatic nitrogens is 2. The summed E-state index contributed by atoms with van der Waals surface area (Å²) in [4.78, 5) is 8.73. The van der Waals surface area contributed by atoms with Gasteiger partial charge in [-0.3, -0.25) is 0 Å². The Morgan fingerprint density at radius 3 is 2.88 bits per heavy atom. The number of anilines is 1. The molecule has 0 aromatic carbocycles. The summed E-state index contributed by atoms with van der Waals surface area (Å²) < 4.78 is 5.59. The first-order chi connectivity index (χ1) is 7.72. The Hall–Kier alpha value is -1.40. The predicted octanol–water partition coefficient (Wildman–Crippen LogP) is 2.83. The van der Waals surface area contributed by atoms with Gasteiger partial charge in [0, 0.05) is 10.8 Å². The van der Waals surface area contributed by atoms with E-state index in [1.54, 1.807) is 11.3 Å². The maximum atomic E-state index is 5.77. The summed E-state index contributed by atoms with van der Waals surface area (Å²) in [7, 11) is 0. The molecule has 0 aliphatic heterocycles. The van der Waals surface area contributed by atoms with Crippen molar-refractivity contribution in [2.75, 3.05) is 5.73 Å². The van der Waals surface area contributed by atoms with E-state index in [1.165, 1.54) is 11.3 Å². The van der Waals surface area contributed by atoms with Gasteiger partial charge in [-0.25, -0.2) is 9.97 Å². The number of rotatable bonds is 2. The van der Waals surface area contributed by atoms with Gasteiger partial charge >= 0.3 is 0 Å². The molecule has 4 nitrogen and oxygen atoms in total. The van der Waals surface area contributed by atoms with Crippen LogP contribution < -0.4 is 5.73 Å². The Labute approximate surface area is 99.8 Å². The average molecular weight is 251 g/mol. The minimum atomic E-state index is 0.628. The molecule has 0 unspecified atom stereocenters. The van der Waals surface area contributed by atoms with Crippen molar-refractivity contribution in [2.24, 2.45) is 0 Å². The molecule has 82 valence electrons. The number of oxazole rings is 1. The van der Waals surface area contributed by atoms with Gasteiger partial charge in [0.25, 0.3) is 0 Å². The molecule has 6 heteroatoms. The molecule has 3 aromatic rings. The molecule has 0 saturated carbocycles. The van der Waals surface area contributed by atoms with Crippen molar-refractivity contribution in [1.29, 1.82) is 0 Å². The fourth-order valence-electron chi connectivity index (χ4n) is 1.53. The largest absolute Gasteiger partial charge is 0.439 e. The monoisotopic (exact) mass is 251 g/mol. The summed E-state index contributed by atoms with van der Waals surface area (Å²) in [5.74, 6) is 0.676. The zero-order valence-corrected chi connectivity index (χ0v) is 10.2. The number of hydrogen-bond acceptors (Lipinski definition) is 6. The van der Waals surface area contributed by atoms with Crippen molar-refractivity contribution in [3.05, 3.63) is 27.4 Å². The zero-order valence-electron chi connectivity index (χ0n) is 8.56. The number of fused-ring (bicyclic) bond motifs is 1. The van der Waals surface area contributed by atoms with Crippen LogP contribution in [-0.4, -0.2) is 9.97 Å². The summed E-state index contributed by atoms with van der Waals surface area (Å²) in [6.45, 7) is 1.99. The fraction of sp³-hybridized carbons (Fsp3) is 0.200. The van der Waals surface area contributed by atoms with Gasteiger partial charge in [-0.2, -0.15) is 0 Å². The highest BCUT2D eigenvalue weighted by molar-refractivity contribution is 7.15. The average Bonchev–Trinajstić information content (AvgIpc) is 2.88. The molecule has 0 bridgehead atoms. The Balaban J connectivity index is 1.94. The van der Waals surface area contributed by atoms with E-state index in [1.807, 2.05) is 17.7 Å². The molecule has 0 radical (unpaired) electrons. The second-order valence-corrected chi connectivity index (χ2v) is 5.43. The van der Waals surface area contributed by atoms with E-state index in [0.717, 1.165) is 21.8 Å². The van der Waals surface area contributed by atoms with Gasteiger partial charge in [0.05, 0.1) is 17.1 Å². The van der Waals surface area contributed by atoms with E-state index in [2.05, 4.69) is 9.97 Å². The first kappa shape index (κ1) is 9.80. The minimum Gasteiger partial charge on any atom is -0.439 e. The first-order valence-corrected chi connectivity index (χ1v) is 6.51. The van der Waals surface area contributed by atoms with Crippen LogP contribution in [0, 0.1) is 6.92 Å². The standard InChI is InChI=1S/C10H9N3OS2/c1-5-12-6(3-15-5)2-8-13-9-7(14-8)4-16-10(9)11/h3-4H,2,11H2,1H3. The van der Waals surface area contributed by atoms with E-state index in [4.69, 9.17) is 10.2 Å². The van der Waals surface area contributed by atoms with Crippen molar-refractivity contribution >= 4 is 38.8 Å². The van der Waals surface area contributed by atoms with Gasteiger partial charge in [-0.15, -0.1) is 22.7 Å². The van der Waals surface area contributed by atoms with E-state index in [-0.39, 0.29) is 0 Å². The lowest BCUT2D eigenvalue weighted by atomic mass is 10.3. The van der Waals surface area contributed by atoms with Crippen molar-refractivity contribution in [2.45, 2.75) is 13.3 Å². The Bertz CT molecular complexity index is 637. The smallest absolute Gasteiger partial charge is 0.201 e. The molecule has 3 aromatic heterocycles. The SMILES string of the molecule is Cc1nc(Cc2nc3c(N)scc3o2)cs1. The molecule has 0 saturated heterocycles. The molecule has 0 atom stereocenters.